The Balaban J connectivity index is 2.44. The van der Waals surface area contributed by atoms with Crippen LogP contribution in [0.1, 0.15) is 6.42 Å². The number of nitrogens with zero attached hydrogens (tertiary/aromatic N) is 2. The van der Waals surface area contributed by atoms with Gasteiger partial charge in [-0.2, -0.15) is 0 Å². The van der Waals surface area contributed by atoms with E-state index in [1.165, 1.54) is 4.90 Å². The molecule has 0 spiro atoms. The van der Waals surface area contributed by atoms with Crippen molar-refractivity contribution in [2.24, 2.45) is 0 Å². The van der Waals surface area contributed by atoms with Crippen molar-refractivity contribution in [2.45, 2.75) is 12.8 Å². The summed E-state index contributed by atoms with van der Waals surface area (Å²) in [4.78, 5) is 14.3. The fourth-order valence-corrected chi connectivity index (χ4v) is 1.40. The average molecular weight is 192 g/mol. The third-order valence-corrected chi connectivity index (χ3v) is 2.15. The van der Waals surface area contributed by atoms with Crippen LogP contribution in [0.25, 0.3) is 0 Å². The van der Waals surface area contributed by atoms with Crippen LogP contribution in [-0.2, 0) is 4.79 Å². The Morgan fingerprint density at radius 1 is 1.46 bits per heavy atom. The molecule has 0 atom stereocenters. The van der Waals surface area contributed by atoms with E-state index in [0.29, 0.717) is 13.1 Å². The van der Waals surface area contributed by atoms with Crippen molar-refractivity contribution in [3.05, 3.63) is 0 Å². The second-order valence-corrected chi connectivity index (χ2v) is 3.30. The maximum absolute atomic E-state index is 12.0. The summed E-state index contributed by atoms with van der Waals surface area (Å²) in [7, 11) is 1.70. The topological polar surface area (TPSA) is 23.6 Å². The van der Waals surface area contributed by atoms with Gasteiger partial charge in [0.25, 0.3) is 6.43 Å². The lowest BCUT2D eigenvalue weighted by Gasteiger charge is -2.18. The normalized spacial score (nSPS) is 20.9. The third kappa shape index (κ3) is 3.26. The number of alkyl halides is 2. The van der Waals surface area contributed by atoms with Crippen molar-refractivity contribution in [3.8, 4) is 0 Å². The Bertz CT molecular complexity index is 187. The number of halogens is 2. The standard InChI is InChI=1S/C8H14F2N2O/c1-11-3-2-4-12(5-7(9)10)6-8(11)13/h7H,2-6H2,1H3. The van der Waals surface area contributed by atoms with Gasteiger partial charge in [0.1, 0.15) is 0 Å². The van der Waals surface area contributed by atoms with E-state index in [-0.39, 0.29) is 19.0 Å². The van der Waals surface area contributed by atoms with Gasteiger partial charge in [0, 0.05) is 20.1 Å². The zero-order valence-electron chi connectivity index (χ0n) is 7.67. The molecule has 3 nitrogen and oxygen atoms in total. The Kier molecular flexibility index (Phi) is 3.59. The number of likely N-dealkylation sites (N-methyl/N-ethyl adjacent to an activating group) is 1. The smallest absolute Gasteiger partial charge is 0.251 e. The molecule has 0 bridgehead atoms. The highest BCUT2D eigenvalue weighted by atomic mass is 19.3. The van der Waals surface area contributed by atoms with Crippen LogP contribution in [0, 0.1) is 0 Å². The highest BCUT2D eigenvalue weighted by molar-refractivity contribution is 5.78. The molecule has 0 aromatic carbocycles. The van der Waals surface area contributed by atoms with Crippen LogP contribution in [0.4, 0.5) is 8.78 Å². The largest absolute Gasteiger partial charge is 0.345 e. The maximum atomic E-state index is 12.0. The van der Waals surface area contributed by atoms with Crippen LogP contribution in [0.3, 0.4) is 0 Å². The van der Waals surface area contributed by atoms with Crippen molar-refractivity contribution >= 4 is 5.91 Å². The molecule has 76 valence electrons. The summed E-state index contributed by atoms with van der Waals surface area (Å²) in [6.45, 7) is 1.08. The molecule has 13 heavy (non-hydrogen) atoms. The minimum absolute atomic E-state index is 0.0712. The Labute approximate surface area is 76.3 Å². The molecule has 1 saturated heterocycles. The van der Waals surface area contributed by atoms with E-state index >= 15 is 0 Å². The van der Waals surface area contributed by atoms with Gasteiger partial charge in [0.15, 0.2) is 0 Å². The lowest BCUT2D eigenvalue weighted by atomic mass is 10.4. The Morgan fingerprint density at radius 3 is 2.77 bits per heavy atom. The summed E-state index contributed by atoms with van der Waals surface area (Å²) in [6.07, 6.45) is -1.58. The van der Waals surface area contributed by atoms with Crippen LogP contribution in [0.2, 0.25) is 0 Å². The van der Waals surface area contributed by atoms with Crippen molar-refractivity contribution < 1.29 is 13.6 Å². The maximum Gasteiger partial charge on any atom is 0.251 e. The fraction of sp³-hybridized carbons (Fsp3) is 0.875. The van der Waals surface area contributed by atoms with Crippen LogP contribution in [0.5, 0.6) is 0 Å². The van der Waals surface area contributed by atoms with Crippen molar-refractivity contribution in [1.29, 1.82) is 0 Å². The first-order valence-corrected chi connectivity index (χ1v) is 4.34. The van der Waals surface area contributed by atoms with Gasteiger partial charge in [-0.3, -0.25) is 9.69 Å². The molecular weight excluding hydrogens is 178 g/mol. The van der Waals surface area contributed by atoms with Gasteiger partial charge in [-0.15, -0.1) is 0 Å². The molecule has 1 amide bonds. The number of hydrogen-bond acceptors (Lipinski definition) is 2. The summed E-state index contributed by atoms with van der Waals surface area (Å²) in [5.74, 6) is -0.0712. The lowest BCUT2D eigenvalue weighted by molar-refractivity contribution is -0.130. The molecule has 0 saturated carbocycles. The zero-order chi connectivity index (χ0) is 9.84. The predicted molar refractivity (Wildman–Crippen MR) is 44.7 cm³/mol. The number of rotatable bonds is 2. The minimum Gasteiger partial charge on any atom is -0.345 e. The minimum atomic E-state index is -2.35. The first-order valence-electron chi connectivity index (χ1n) is 4.34. The van der Waals surface area contributed by atoms with Crippen LogP contribution in [0.15, 0.2) is 0 Å². The number of carbonyl (C=O) groups excluding carboxylic acids is 1. The summed E-state index contributed by atoms with van der Waals surface area (Å²) in [5.41, 5.74) is 0. The molecule has 0 aliphatic carbocycles. The molecule has 0 radical (unpaired) electrons. The second kappa shape index (κ2) is 4.50. The quantitative estimate of drug-likeness (QED) is 0.633. The van der Waals surface area contributed by atoms with Crippen LogP contribution < -0.4 is 0 Å². The van der Waals surface area contributed by atoms with E-state index in [1.54, 1.807) is 11.9 Å². The molecule has 0 N–H and O–H groups in total. The van der Waals surface area contributed by atoms with Gasteiger partial charge in [-0.1, -0.05) is 0 Å². The average Bonchev–Trinajstić information content (AvgIpc) is 2.14. The fourth-order valence-electron chi connectivity index (χ4n) is 1.40. The Morgan fingerprint density at radius 2 is 2.15 bits per heavy atom. The summed E-state index contributed by atoms with van der Waals surface area (Å²) < 4.78 is 24.0. The summed E-state index contributed by atoms with van der Waals surface area (Å²) in [5, 5.41) is 0. The second-order valence-electron chi connectivity index (χ2n) is 3.30. The predicted octanol–water partition coefficient (Wildman–Crippen LogP) is 0.416. The molecular formula is C8H14F2N2O. The van der Waals surface area contributed by atoms with Gasteiger partial charge in [-0.05, 0) is 6.42 Å². The summed E-state index contributed by atoms with van der Waals surface area (Å²) >= 11 is 0. The van der Waals surface area contributed by atoms with E-state index in [9.17, 15) is 13.6 Å². The molecule has 1 fully saturated rings. The van der Waals surface area contributed by atoms with E-state index < -0.39 is 6.43 Å². The number of carbonyl (C=O) groups is 1. The third-order valence-electron chi connectivity index (χ3n) is 2.15. The number of hydrogen-bond donors (Lipinski definition) is 0. The van der Waals surface area contributed by atoms with E-state index in [0.717, 1.165) is 6.42 Å². The van der Waals surface area contributed by atoms with Gasteiger partial charge in [-0.25, -0.2) is 8.78 Å². The Hall–Kier alpha value is -0.710. The van der Waals surface area contributed by atoms with Crippen molar-refractivity contribution in [3.63, 3.8) is 0 Å². The highest BCUT2D eigenvalue weighted by Gasteiger charge is 2.20. The highest BCUT2D eigenvalue weighted by Crippen LogP contribution is 2.05. The van der Waals surface area contributed by atoms with Gasteiger partial charge >= 0.3 is 0 Å². The monoisotopic (exact) mass is 192 g/mol. The van der Waals surface area contributed by atoms with Crippen molar-refractivity contribution in [2.75, 3.05) is 33.2 Å². The first-order chi connectivity index (χ1) is 6.09. The molecule has 1 aliphatic heterocycles. The van der Waals surface area contributed by atoms with Crippen molar-refractivity contribution in [1.82, 2.24) is 9.80 Å². The molecule has 0 aromatic heterocycles. The molecule has 1 rings (SSSR count). The van der Waals surface area contributed by atoms with E-state index in [4.69, 9.17) is 0 Å². The molecule has 5 heteroatoms. The van der Waals surface area contributed by atoms with Gasteiger partial charge in [0.05, 0.1) is 13.1 Å². The van der Waals surface area contributed by atoms with Gasteiger partial charge in [0.2, 0.25) is 5.91 Å². The van der Waals surface area contributed by atoms with E-state index in [2.05, 4.69) is 0 Å². The number of amides is 1. The van der Waals surface area contributed by atoms with E-state index in [1.807, 2.05) is 0 Å². The zero-order valence-corrected chi connectivity index (χ0v) is 7.67. The summed E-state index contributed by atoms with van der Waals surface area (Å²) in [6, 6.07) is 0. The molecule has 0 unspecified atom stereocenters. The molecule has 1 heterocycles. The van der Waals surface area contributed by atoms with Gasteiger partial charge < -0.3 is 4.90 Å². The molecule has 0 aromatic rings. The molecule has 1 aliphatic rings. The van der Waals surface area contributed by atoms with Crippen LogP contribution >= 0.6 is 0 Å². The van der Waals surface area contributed by atoms with Crippen LogP contribution in [-0.4, -0.2) is 55.4 Å². The first kappa shape index (κ1) is 10.4. The SMILES string of the molecule is CN1CCCN(CC(F)F)CC1=O. The lowest BCUT2D eigenvalue weighted by Crippen LogP contribution is -2.36.